The number of rotatable bonds is 13. The maximum atomic E-state index is 13.1. The minimum absolute atomic E-state index is 0.0547. The molecule has 346 valence electrons. The van der Waals surface area contributed by atoms with E-state index in [0.29, 0.717) is 36.4 Å². The van der Waals surface area contributed by atoms with Gasteiger partial charge in [-0.15, -0.1) is 20.5 Å². The predicted octanol–water partition coefficient (Wildman–Crippen LogP) is 5.10. The Morgan fingerprint density at radius 3 is 1.53 bits per heavy atom. The van der Waals surface area contributed by atoms with Crippen molar-refractivity contribution in [2.24, 2.45) is 35.8 Å². The van der Waals surface area contributed by atoms with E-state index in [1.807, 2.05) is 0 Å². The Bertz CT molecular complexity index is 3660. The highest BCUT2D eigenvalue weighted by Crippen LogP contribution is 2.50. The molecule has 66 heavy (non-hydrogen) atoms. The molecule has 0 aromatic heterocycles. The SMILES string of the molecule is CC1=NN(c2ccc(S(=O)(=O)O)cc2)C(=O)C1/N=N/c1ccc(/N=N/c2c(S(=O)(=O)O)cc3cc(S(=O)(=O)O)c(/N=N/c4ccc([N+](=O)[O-])cc4S(=O)(=O)O)c(O)c3c2O)c(S(=O)(=O)O)c1. The van der Waals surface area contributed by atoms with Gasteiger partial charge in [0.15, 0.2) is 17.5 Å². The average Bonchev–Trinajstić information content (AvgIpc) is 3.49. The smallest absolute Gasteiger partial charge is 0.297 e. The maximum Gasteiger partial charge on any atom is 0.297 e. The number of nitro benzene ring substituents is 1. The quantitative estimate of drug-likeness (QED) is 0.0349. The van der Waals surface area contributed by atoms with Crippen molar-refractivity contribution in [3.8, 4) is 11.5 Å². The van der Waals surface area contributed by atoms with Crippen LogP contribution in [-0.2, 0) is 55.4 Å². The van der Waals surface area contributed by atoms with E-state index in [4.69, 9.17) is 0 Å². The van der Waals surface area contributed by atoms with E-state index in [-0.39, 0.29) is 17.1 Å². The summed E-state index contributed by atoms with van der Waals surface area (Å²) in [5.41, 5.74) is -5.48. The molecule has 1 aliphatic rings. The van der Waals surface area contributed by atoms with Crippen molar-refractivity contribution in [1.82, 2.24) is 0 Å². The molecule has 7 N–H and O–H groups in total. The van der Waals surface area contributed by atoms with Gasteiger partial charge in [-0.25, -0.2) is 0 Å². The van der Waals surface area contributed by atoms with Crippen LogP contribution in [0.25, 0.3) is 10.8 Å². The molecule has 1 aliphatic heterocycles. The molecule has 1 heterocycles. The van der Waals surface area contributed by atoms with Crippen molar-refractivity contribution < 1.29 is 84.8 Å². The number of nitro groups is 1. The molecule has 1 atom stereocenters. The molecule has 0 bridgehead atoms. The molecular formula is C32H23N9O20S5. The number of carbonyl (C=O) groups excluding carboxylic acids is 1. The minimum Gasteiger partial charge on any atom is -0.505 e. The Labute approximate surface area is 368 Å². The molecule has 34 heteroatoms. The highest BCUT2D eigenvalue weighted by Gasteiger charge is 2.35. The van der Waals surface area contributed by atoms with Crippen LogP contribution in [0.15, 0.2) is 133 Å². The number of phenols is 2. The van der Waals surface area contributed by atoms with Crippen LogP contribution < -0.4 is 5.01 Å². The normalized spacial score (nSPS) is 15.4. The number of non-ortho nitro benzene ring substituents is 1. The van der Waals surface area contributed by atoms with Gasteiger partial charge in [-0.1, -0.05) is 0 Å². The van der Waals surface area contributed by atoms with E-state index in [1.54, 1.807) is 0 Å². The van der Waals surface area contributed by atoms with Crippen molar-refractivity contribution in [1.29, 1.82) is 0 Å². The summed E-state index contributed by atoms with van der Waals surface area (Å²) in [4.78, 5) is 17.6. The molecule has 29 nitrogen and oxygen atoms in total. The first-order valence-corrected chi connectivity index (χ1v) is 24.2. The summed E-state index contributed by atoms with van der Waals surface area (Å²) in [5, 5.41) is 58.3. The Morgan fingerprint density at radius 2 is 1.08 bits per heavy atom. The van der Waals surface area contributed by atoms with E-state index in [1.165, 1.54) is 6.92 Å². The summed E-state index contributed by atoms with van der Waals surface area (Å²) in [6.45, 7) is 1.37. The van der Waals surface area contributed by atoms with Crippen LogP contribution in [0.1, 0.15) is 6.92 Å². The van der Waals surface area contributed by atoms with Crippen LogP contribution in [-0.4, -0.2) is 97.6 Å². The molecule has 0 aliphatic carbocycles. The average molecular weight is 1010 g/mol. The lowest BCUT2D eigenvalue weighted by molar-refractivity contribution is -0.385. The number of phenolic OH excluding ortho intramolecular Hbond substituents is 2. The van der Waals surface area contributed by atoms with Gasteiger partial charge < -0.3 is 10.2 Å². The van der Waals surface area contributed by atoms with Crippen molar-refractivity contribution in [2.75, 3.05) is 5.01 Å². The van der Waals surface area contributed by atoms with E-state index in [9.17, 15) is 90.0 Å². The second-order valence-corrected chi connectivity index (χ2v) is 20.1. The molecule has 0 fully saturated rings. The lowest BCUT2D eigenvalue weighted by atomic mass is 10.1. The summed E-state index contributed by atoms with van der Waals surface area (Å²) < 4.78 is 170. The van der Waals surface area contributed by atoms with Crippen LogP contribution in [0.2, 0.25) is 0 Å². The molecule has 0 spiro atoms. The number of nitrogens with zero attached hydrogens (tertiary/aromatic N) is 9. The number of fused-ring (bicyclic) bond motifs is 1. The number of anilines is 1. The van der Waals surface area contributed by atoms with Crippen molar-refractivity contribution in [3.63, 3.8) is 0 Å². The summed E-state index contributed by atoms with van der Waals surface area (Å²) in [6.07, 6.45) is 0. The third kappa shape index (κ3) is 9.90. The van der Waals surface area contributed by atoms with Gasteiger partial charge in [-0.3, -0.25) is 37.7 Å². The van der Waals surface area contributed by atoms with Crippen LogP contribution in [0.4, 0.5) is 39.8 Å². The topological polar surface area (TPSA) is 462 Å². The monoisotopic (exact) mass is 1010 g/mol. The van der Waals surface area contributed by atoms with Gasteiger partial charge in [0.25, 0.3) is 62.2 Å². The van der Waals surface area contributed by atoms with Crippen molar-refractivity contribution >= 4 is 113 Å². The van der Waals surface area contributed by atoms with E-state index in [0.717, 1.165) is 41.4 Å². The van der Waals surface area contributed by atoms with Crippen LogP contribution >= 0.6 is 0 Å². The highest BCUT2D eigenvalue weighted by molar-refractivity contribution is 7.87. The first kappa shape index (κ1) is 48.3. The van der Waals surface area contributed by atoms with Crippen LogP contribution in [0, 0.1) is 10.1 Å². The van der Waals surface area contributed by atoms with E-state index in [2.05, 4.69) is 35.8 Å². The first-order chi connectivity index (χ1) is 30.4. The highest BCUT2D eigenvalue weighted by atomic mass is 32.2. The number of hydrazone groups is 1. The van der Waals surface area contributed by atoms with Gasteiger partial charge in [0.05, 0.1) is 32.3 Å². The third-order valence-corrected chi connectivity index (χ3v) is 13.1. The number of amides is 1. The zero-order chi connectivity index (χ0) is 49.1. The van der Waals surface area contributed by atoms with Gasteiger partial charge in [-0.05, 0) is 73.0 Å². The molecule has 1 unspecified atom stereocenters. The molecule has 5 aromatic rings. The molecular weight excluding hydrogens is 991 g/mol. The second-order valence-electron chi connectivity index (χ2n) is 13.1. The summed E-state index contributed by atoms with van der Waals surface area (Å²) in [6, 6.07) is 7.75. The Kier molecular flexibility index (Phi) is 12.4. The molecule has 6 rings (SSSR count). The van der Waals surface area contributed by atoms with Gasteiger partial charge in [-0.2, -0.15) is 62.4 Å². The number of aromatic hydroxyl groups is 2. The molecule has 1 amide bonds. The fraction of sp³-hybridized carbons (Fsp3) is 0.0625. The largest absolute Gasteiger partial charge is 0.505 e. The van der Waals surface area contributed by atoms with E-state index < -0.39 is 143 Å². The zero-order valence-corrected chi connectivity index (χ0v) is 36.1. The number of hydrogen-bond acceptors (Lipinski definition) is 22. The Balaban J connectivity index is 1.42. The van der Waals surface area contributed by atoms with Gasteiger partial charge in [0.2, 0.25) is 0 Å². The Hall–Kier alpha value is -7.15. The number of azo groups is 3. The maximum absolute atomic E-state index is 13.1. The first-order valence-electron chi connectivity index (χ1n) is 17.0. The standard InChI is InChI=1S/C32H23N9O20S5/c1-14-27(32(44)40(39-14)17-3-6-19(7-4-17)62(47,48)49)36-33-16-2-8-20(22(12-16)63(50,51)52)34-37-28-24(65(56,57)58)10-15-11-25(66(59,60)61)29(31(43)26(15)30(28)42)38-35-21-9-5-18(41(45)46)13-23(21)64(53,54)55/h2-13,27,42-43H,1H3,(H,47,48,49)(H,50,51,52)(H,53,54,55)(H,56,57,58)(H,59,60,61)/b36-33+,37-34+,38-35+. The summed E-state index contributed by atoms with van der Waals surface area (Å²) >= 11 is 0. The van der Waals surface area contributed by atoms with Crippen LogP contribution in [0.5, 0.6) is 11.5 Å². The third-order valence-electron chi connectivity index (χ3n) is 8.74. The van der Waals surface area contributed by atoms with Gasteiger partial charge in [0, 0.05) is 12.1 Å². The lowest BCUT2D eigenvalue weighted by Crippen LogP contribution is -2.29. The summed E-state index contributed by atoms with van der Waals surface area (Å²) in [5.74, 6) is -3.77. The number of hydrogen-bond donors (Lipinski definition) is 7. The minimum atomic E-state index is -5.54. The molecule has 0 saturated carbocycles. The molecule has 0 radical (unpaired) electrons. The fourth-order valence-electron chi connectivity index (χ4n) is 5.77. The van der Waals surface area contributed by atoms with Crippen LogP contribution in [0.3, 0.4) is 0 Å². The Morgan fingerprint density at radius 1 is 0.606 bits per heavy atom. The van der Waals surface area contributed by atoms with Gasteiger partial charge >= 0.3 is 0 Å². The molecule has 0 saturated heterocycles. The molecule has 5 aromatic carbocycles. The zero-order valence-electron chi connectivity index (χ0n) is 32.0. The fourth-order valence-corrected chi connectivity index (χ4v) is 8.85. The predicted molar refractivity (Wildman–Crippen MR) is 220 cm³/mol. The van der Waals surface area contributed by atoms with E-state index >= 15 is 0 Å². The second kappa shape index (κ2) is 17.0. The van der Waals surface area contributed by atoms with Crippen molar-refractivity contribution in [3.05, 3.63) is 82.9 Å². The lowest BCUT2D eigenvalue weighted by Gasteiger charge is -2.13. The van der Waals surface area contributed by atoms with Crippen molar-refractivity contribution in [2.45, 2.75) is 37.4 Å². The number of carbonyl (C=O) groups is 1. The number of benzene rings is 5. The van der Waals surface area contributed by atoms with Gasteiger partial charge in [0.1, 0.15) is 42.3 Å². The summed E-state index contributed by atoms with van der Waals surface area (Å²) in [7, 11) is -26.3.